The van der Waals surface area contributed by atoms with Crippen molar-refractivity contribution in [2.75, 3.05) is 0 Å². The van der Waals surface area contributed by atoms with Gasteiger partial charge in [0.15, 0.2) is 0 Å². The Labute approximate surface area is 252 Å². The number of carbonyl (C=O) groups excluding carboxylic acids is 2. The van der Waals surface area contributed by atoms with Gasteiger partial charge in [-0.25, -0.2) is 19.6 Å². The highest BCUT2D eigenvalue weighted by Gasteiger charge is 2.15. The molecule has 0 unspecified atom stereocenters. The number of carbonyl (C=O) groups is 2. The van der Waals surface area contributed by atoms with E-state index in [9.17, 15) is 19.2 Å². The number of nitrogens with zero attached hydrogens (tertiary/aromatic N) is 2. The first-order valence-electron chi connectivity index (χ1n) is 14.8. The van der Waals surface area contributed by atoms with Gasteiger partial charge in [0.25, 0.3) is 0 Å². The van der Waals surface area contributed by atoms with Gasteiger partial charge >= 0.3 is 23.2 Å². The average molecular weight is 597 g/mol. The van der Waals surface area contributed by atoms with Gasteiger partial charge in [0.1, 0.15) is 11.5 Å². The second kappa shape index (κ2) is 13.9. The molecule has 0 aliphatic heterocycles. The maximum Gasteiger partial charge on any atom is 0.347 e. The molecule has 0 atom stereocenters. The fourth-order valence-corrected chi connectivity index (χ4v) is 4.64. The lowest BCUT2D eigenvalue weighted by Gasteiger charge is -2.07. The lowest BCUT2D eigenvalue weighted by Crippen LogP contribution is -2.09. The van der Waals surface area contributed by atoms with E-state index in [1.165, 1.54) is 12.1 Å². The van der Waals surface area contributed by atoms with Gasteiger partial charge in [0.2, 0.25) is 11.8 Å². The van der Waals surface area contributed by atoms with Crippen LogP contribution in [0.15, 0.2) is 79.1 Å². The van der Waals surface area contributed by atoms with Gasteiger partial charge in [-0.1, -0.05) is 39.5 Å². The van der Waals surface area contributed by atoms with Crippen LogP contribution in [0.2, 0.25) is 0 Å². The molecule has 0 N–H and O–H groups in total. The number of fused-ring (bicyclic) bond motifs is 2. The largest absolute Gasteiger partial charge is 0.427 e. The third-order valence-corrected chi connectivity index (χ3v) is 7.01. The summed E-state index contributed by atoms with van der Waals surface area (Å²) < 4.78 is 21.7. The lowest BCUT2D eigenvalue weighted by atomic mass is 10.1. The summed E-state index contributed by atoms with van der Waals surface area (Å²) in [7, 11) is 0. The second-order valence-corrected chi connectivity index (χ2v) is 10.4. The van der Waals surface area contributed by atoms with Crippen molar-refractivity contribution in [1.82, 2.24) is 9.97 Å². The average Bonchev–Trinajstić information content (AvgIpc) is 3.02. The molecule has 0 aliphatic rings. The molecule has 0 aliphatic carbocycles. The molecule has 3 aromatic carbocycles. The molecule has 0 fully saturated rings. The van der Waals surface area contributed by atoms with Gasteiger partial charge in [0.05, 0.1) is 21.8 Å². The third kappa shape index (κ3) is 7.26. The minimum Gasteiger partial charge on any atom is -0.427 e. The van der Waals surface area contributed by atoms with Crippen LogP contribution >= 0.6 is 0 Å². The van der Waals surface area contributed by atoms with Gasteiger partial charge in [-0.05, 0) is 73.5 Å². The number of benzene rings is 3. The number of aromatic nitrogens is 2. The quantitative estimate of drug-likeness (QED) is 0.0840. The zero-order chi connectivity index (χ0) is 31.1. The Morgan fingerprint density at radius 2 is 1.02 bits per heavy atom. The van der Waals surface area contributed by atoms with Crippen LogP contribution in [0.25, 0.3) is 44.7 Å². The van der Waals surface area contributed by atoms with Crippen LogP contribution in [0.3, 0.4) is 0 Å². The van der Waals surface area contributed by atoms with E-state index >= 15 is 0 Å². The van der Waals surface area contributed by atoms with Crippen molar-refractivity contribution in [2.45, 2.75) is 65.2 Å². The van der Waals surface area contributed by atoms with Crippen LogP contribution in [0.1, 0.15) is 65.2 Å². The molecule has 2 heterocycles. The first-order valence-corrected chi connectivity index (χ1v) is 14.8. The summed E-state index contributed by atoms with van der Waals surface area (Å²) in [6, 6.07) is 16.0. The van der Waals surface area contributed by atoms with Crippen molar-refractivity contribution >= 4 is 33.7 Å². The summed E-state index contributed by atoms with van der Waals surface area (Å²) in [5.74, 6) is 0.00796. The first kappa shape index (κ1) is 30.3. The molecule has 10 heteroatoms. The molecule has 0 bridgehead atoms. The molecule has 44 heavy (non-hydrogen) atoms. The molecule has 10 nitrogen and oxygen atoms in total. The summed E-state index contributed by atoms with van der Waals surface area (Å²) in [5.41, 5.74) is 0.580. The number of unbranched alkanes of at least 4 members (excludes halogenated alkanes) is 4. The van der Waals surface area contributed by atoms with E-state index in [0.29, 0.717) is 35.0 Å². The van der Waals surface area contributed by atoms with Crippen molar-refractivity contribution in [2.24, 2.45) is 0 Å². The Morgan fingerprint density at radius 1 is 0.614 bits per heavy atom. The van der Waals surface area contributed by atoms with Crippen LogP contribution in [0.4, 0.5) is 0 Å². The van der Waals surface area contributed by atoms with Crippen molar-refractivity contribution in [3.05, 3.63) is 81.5 Å². The Kier molecular flexibility index (Phi) is 9.59. The van der Waals surface area contributed by atoms with E-state index in [0.717, 1.165) is 38.5 Å². The van der Waals surface area contributed by atoms with E-state index in [1.54, 1.807) is 48.5 Å². The minimum absolute atomic E-state index is 0.100. The van der Waals surface area contributed by atoms with Crippen LogP contribution in [0.5, 0.6) is 11.5 Å². The van der Waals surface area contributed by atoms with E-state index < -0.39 is 11.3 Å². The molecule has 2 aromatic heterocycles. The van der Waals surface area contributed by atoms with Crippen molar-refractivity contribution in [1.29, 1.82) is 0 Å². The van der Waals surface area contributed by atoms with Gasteiger partial charge in [0, 0.05) is 24.0 Å². The molecule has 0 amide bonds. The number of esters is 2. The normalized spacial score (nSPS) is 11.1. The molecule has 0 saturated heterocycles. The zero-order valence-corrected chi connectivity index (χ0v) is 24.6. The van der Waals surface area contributed by atoms with Crippen LogP contribution in [0, 0.1) is 0 Å². The Hall–Kier alpha value is -5.12. The van der Waals surface area contributed by atoms with Gasteiger partial charge < -0.3 is 18.3 Å². The Balaban J connectivity index is 1.32. The summed E-state index contributed by atoms with van der Waals surface area (Å²) in [6.07, 6.45) is 5.99. The highest BCUT2D eigenvalue weighted by atomic mass is 16.5. The number of hydrogen-bond donors (Lipinski definition) is 0. The van der Waals surface area contributed by atoms with Gasteiger partial charge in [-0.15, -0.1) is 0 Å². The van der Waals surface area contributed by atoms with Gasteiger partial charge in [-0.3, -0.25) is 9.59 Å². The van der Waals surface area contributed by atoms with Crippen molar-refractivity contribution in [3.8, 4) is 34.4 Å². The highest BCUT2D eigenvalue weighted by Crippen LogP contribution is 2.26. The standard InChI is InChI=1S/C34H32N2O8/c1-3-5-7-9-29(37)41-23-15-17-27-25(19-23)33(39)43-31(35-27)21-11-13-22(14-12-21)32-36-28-18-16-24(20-26(28)34(40)44-32)42-30(38)10-8-6-4-2/h11-20H,3-10H2,1-2H3. The fraction of sp³-hybridized carbons (Fsp3) is 0.294. The smallest absolute Gasteiger partial charge is 0.347 e. The number of hydrogen-bond acceptors (Lipinski definition) is 10. The number of rotatable bonds is 12. The van der Waals surface area contributed by atoms with E-state index in [1.807, 2.05) is 0 Å². The zero-order valence-electron chi connectivity index (χ0n) is 24.6. The summed E-state index contributed by atoms with van der Waals surface area (Å²) in [6.45, 7) is 4.11. The second-order valence-electron chi connectivity index (χ2n) is 10.4. The van der Waals surface area contributed by atoms with E-state index in [4.69, 9.17) is 18.3 Å². The molecular weight excluding hydrogens is 564 g/mol. The molecule has 0 spiro atoms. The predicted octanol–water partition coefficient (Wildman–Crippen LogP) is 6.99. The Bertz CT molecular complexity index is 1780. The fourth-order valence-electron chi connectivity index (χ4n) is 4.64. The van der Waals surface area contributed by atoms with E-state index in [-0.39, 0.29) is 46.0 Å². The molecule has 226 valence electrons. The summed E-state index contributed by atoms with van der Waals surface area (Å²) in [5, 5.41) is 0.390. The molecule has 0 radical (unpaired) electrons. The SMILES string of the molecule is CCCCCC(=O)Oc1ccc2nc(-c3ccc(-c4nc5ccc(OC(=O)CCCCC)cc5c(=O)o4)cc3)oc(=O)c2c1. The lowest BCUT2D eigenvalue weighted by molar-refractivity contribution is -0.135. The monoisotopic (exact) mass is 596 g/mol. The third-order valence-electron chi connectivity index (χ3n) is 7.01. The van der Waals surface area contributed by atoms with Crippen LogP contribution in [-0.2, 0) is 9.59 Å². The Morgan fingerprint density at radius 3 is 1.41 bits per heavy atom. The topological polar surface area (TPSA) is 139 Å². The van der Waals surface area contributed by atoms with Crippen LogP contribution in [-0.4, -0.2) is 21.9 Å². The van der Waals surface area contributed by atoms with Crippen molar-refractivity contribution < 1.29 is 27.9 Å². The summed E-state index contributed by atoms with van der Waals surface area (Å²) >= 11 is 0. The molecule has 0 saturated carbocycles. The molecule has 5 aromatic rings. The molecule has 5 rings (SSSR count). The van der Waals surface area contributed by atoms with Crippen LogP contribution < -0.4 is 20.7 Å². The van der Waals surface area contributed by atoms with Gasteiger partial charge in [-0.2, -0.15) is 0 Å². The summed E-state index contributed by atoms with van der Waals surface area (Å²) in [4.78, 5) is 58.6. The minimum atomic E-state index is -0.619. The highest BCUT2D eigenvalue weighted by molar-refractivity contribution is 5.83. The molecular formula is C34H32N2O8. The van der Waals surface area contributed by atoms with Crippen molar-refractivity contribution in [3.63, 3.8) is 0 Å². The maximum atomic E-state index is 12.8. The first-order chi connectivity index (χ1) is 21.3. The number of ether oxygens (including phenoxy) is 2. The predicted molar refractivity (Wildman–Crippen MR) is 165 cm³/mol. The van der Waals surface area contributed by atoms with E-state index in [2.05, 4.69) is 23.8 Å². The maximum absolute atomic E-state index is 12.8.